The minimum absolute atomic E-state index is 0.700. The molecule has 0 atom stereocenters. The molecule has 0 bridgehead atoms. The number of hydrogen-bond acceptors (Lipinski definition) is 3. The van der Waals surface area contributed by atoms with Gasteiger partial charge in [-0.3, -0.25) is 4.68 Å². The van der Waals surface area contributed by atoms with E-state index in [9.17, 15) is 0 Å². The normalized spacial score (nSPS) is 11.2. The highest BCUT2D eigenvalue weighted by Gasteiger charge is 2.09. The van der Waals surface area contributed by atoms with Crippen LogP contribution in [0.15, 0.2) is 24.4 Å². The smallest absolute Gasteiger partial charge is 0.178 e. The average Bonchev–Trinajstić information content (AvgIpc) is 2.90. The quantitative estimate of drug-likeness (QED) is 0.754. The molecule has 104 valence electrons. The van der Waals surface area contributed by atoms with E-state index in [1.54, 1.807) is 7.11 Å². The lowest BCUT2D eigenvalue weighted by Crippen LogP contribution is -2.00. The number of nitrogens with one attached hydrogen (secondary N) is 1. The van der Waals surface area contributed by atoms with Crippen LogP contribution in [-0.4, -0.2) is 26.4 Å². The second kappa shape index (κ2) is 4.79. The van der Waals surface area contributed by atoms with Crippen LogP contribution in [0.1, 0.15) is 11.3 Å². The van der Waals surface area contributed by atoms with Gasteiger partial charge in [0.2, 0.25) is 0 Å². The third-order valence-electron chi connectivity index (χ3n) is 3.43. The number of aromatic nitrogens is 4. The van der Waals surface area contributed by atoms with Crippen LogP contribution >= 0.6 is 12.2 Å². The summed E-state index contributed by atoms with van der Waals surface area (Å²) in [6.45, 7) is 2.71. The molecule has 0 aliphatic carbocycles. The van der Waals surface area contributed by atoms with Crippen molar-refractivity contribution in [2.75, 3.05) is 7.11 Å². The molecule has 3 aromatic rings. The van der Waals surface area contributed by atoms with E-state index in [2.05, 4.69) is 14.6 Å². The van der Waals surface area contributed by atoms with E-state index in [-0.39, 0.29) is 0 Å². The number of fused-ring (bicyclic) bond motifs is 1. The van der Waals surface area contributed by atoms with Gasteiger partial charge in [0.25, 0.3) is 0 Å². The molecule has 20 heavy (non-hydrogen) atoms. The molecule has 1 N–H and O–H groups in total. The van der Waals surface area contributed by atoms with Gasteiger partial charge in [0.05, 0.1) is 30.4 Å². The Morgan fingerprint density at radius 2 is 2.20 bits per heavy atom. The van der Waals surface area contributed by atoms with Crippen LogP contribution in [0, 0.1) is 11.7 Å². The molecule has 0 saturated carbocycles. The first-order valence-corrected chi connectivity index (χ1v) is 6.75. The number of rotatable bonds is 3. The number of benzene rings is 1. The number of hydrogen-bond donors (Lipinski definition) is 1. The maximum absolute atomic E-state index is 5.42. The molecule has 0 amide bonds. The Labute approximate surface area is 121 Å². The second-order valence-corrected chi connectivity index (χ2v) is 5.20. The molecule has 2 heterocycles. The number of ether oxygens (including phenoxy) is 1. The monoisotopic (exact) mass is 288 g/mol. The number of nitrogens with zero attached hydrogens (tertiary/aromatic N) is 3. The SMILES string of the molecule is COc1ccc2[nH]c(=S)n(Cc3cn(C)nc3C)c2c1. The molecule has 0 aliphatic rings. The molecule has 0 unspecified atom stereocenters. The van der Waals surface area contributed by atoms with Crippen LogP contribution in [0.25, 0.3) is 11.0 Å². The molecular formula is C14H16N4OS. The predicted molar refractivity (Wildman–Crippen MR) is 80.7 cm³/mol. The van der Waals surface area contributed by atoms with Crippen molar-refractivity contribution in [1.29, 1.82) is 0 Å². The Balaban J connectivity index is 2.12. The van der Waals surface area contributed by atoms with E-state index in [1.165, 1.54) is 0 Å². The zero-order valence-corrected chi connectivity index (χ0v) is 12.5. The topological polar surface area (TPSA) is 47.8 Å². The van der Waals surface area contributed by atoms with Gasteiger partial charge in [0.1, 0.15) is 5.75 Å². The summed E-state index contributed by atoms with van der Waals surface area (Å²) < 4.78 is 9.88. The van der Waals surface area contributed by atoms with E-state index in [1.807, 2.05) is 43.0 Å². The van der Waals surface area contributed by atoms with E-state index < -0.39 is 0 Å². The molecule has 2 aromatic heterocycles. The number of aryl methyl sites for hydroxylation is 2. The summed E-state index contributed by atoms with van der Waals surface area (Å²) >= 11 is 5.42. The molecule has 6 heteroatoms. The Morgan fingerprint density at radius 3 is 2.85 bits per heavy atom. The third-order valence-corrected chi connectivity index (χ3v) is 3.75. The Bertz CT molecular complexity index is 827. The zero-order valence-electron chi connectivity index (χ0n) is 11.7. The highest BCUT2D eigenvalue weighted by atomic mass is 32.1. The fourth-order valence-electron chi connectivity index (χ4n) is 2.39. The van der Waals surface area contributed by atoms with Crippen molar-refractivity contribution in [1.82, 2.24) is 19.3 Å². The van der Waals surface area contributed by atoms with E-state index in [4.69, 9.17) is 17.0 Å². The van der Waals surface area contributed by atoms with E-state index in [0.29, 0.717) is 11.3 Å². The fourth-order valence-corrected chi connectivity index (χ4v) is 2.66. The molecule has 0 aliphatic heterocycles. The molecular weight excluding hydrogens is 272 g/mol. The van der Waals surface area contributed by atoms with Crippen molar-refractivity contribution in [3.8, 4) is 5.75 Å². The van der Waals surface area contributed by atoms with Gasteiger partial charge < -0.3 is 14.3 Å². The van der Waals surface area contributed by atoms with Gasteiger partial charge in [0, 0.05) is 24.9 Å². The maximum Gasteiger partial charge on any atom is 0.178 e. The fraction of sp³-hybridized carbons (Fsp3) is 0.286. The molecule has 0 radical (unpaired) electrons. The summed E-state index contributed by atoms with van der Waals surface area (Å²) in [7, 11) is 3.59. The van der Waals surface area contributed by atoms with E-state index >= 15 is 0 Å². The second-order valence-electron chi connectivity index (χ2n) is 4.81. The van der Waals surface area contributed by atoms with Gasteiger partial charge in [0.15, 0.2) is 4.77 Å². The zero-order chi connectivity index (χ0) is 14.3. The van der Waals surface area contributed by atoms with Crippen LogP contribution in [0.4, 0.5) is 0 Å². The lowest BCUT2D eigenvalue weighted by Gasteiger charge is -2.05. The number of methoxy groups -OCH3 is 1. The van der Waals surface area contributed by atoms with Gasteiger partial charge >= 0.3 is 0 Å². The molecule has 1 aromatic carbocycles. The highest BCUT2D eigenvalue weighted by molar-refractivity contribution is 7.71. The van der Waals surface area contributed by atoms with Gasteiger partial charge in [-0.2, -0.15) is 5.10 Å². The summed E-state index contributed by atoms with van der Waals surface area (Å²) in [5.41, 5.74) is 4.23. The summed E-state index contributed by atoms with van der Waals surface area (Å²) in [6.07, 6.45) is 2.02. The Kier molecular flexibility index (Phi) is 3.10. The van der Waals surface area contributed by atoms with Crippen molar-refractivity contribution in [2.24, 2.45) is 7.05 Å². The lowest BCUT2D eigenvalue weighted by molar-refractivity contribution is 0.415. The summed E-state index contributed by atoms with van der Waals surface area (Å²) in [6, 6.07) is 5.90. The minimum Gasteiger partial charge on any atom is -0.497 e. The van der Waals surface area contributed by atoms with Crippen LogP contribution in [0.2, 0.25) is 0 Å². The van der Waals surface area contributed by atoms with E-state index in [0.717, 1.165) is 28.0 Å². The van der Waals surface area contributed by atoms with Gasteiger partial charge in [-0.15, -0.1) is 0 Å². The standard InChI is InChI=1S/C14H16N4OS/c1-9-10(7-17(2)16-9)8-18-13-6-11(19-3)4-5-12(13)15-14(18)20/h4-7H,8H2,1-3H3,(H,15,20). The number of H-pyrrole nitrogens is 1. The maximum atomic E-state index is 5.42. The van der Waals surface area contributed by atoms with Gasteiger partial charge in [-0.25, -0.2) is 0 Å². The van der Waals surface area contributed by atoms with Crippen molar-refractivity contribution in [2.45, 2.75) is 13.5 Å². The molecule has 0 fully saturated rings. The minimum atomic E-state index is 0.700. The van der Waals surface area contributed by atoms with Crippen molar-refractivity contribution in [3.05, 3.63) is 40.4 Å². The molecule has 0 saturated heterocycles. The summed E-state index contributed by atoms with van der Waals surface area (Å²) in [5.74, 6) is 0.822. The van der Waals surface area contributed by atoms with Crippen LogP contribution in [-0.2, 0) is 13.6 Å². The van der Waals surface area contributed by atoms with Gasteiger partial charge in [-0.1, -0.05) is 0 Å². The predicted octanol–water partition coefficient (Wildman–Crippen LogP) is 2.80. The molecule has 5 nitrogen and oxygen atoms in total. The molecule has 0 spiro atoms. The Hall–Kier alpha value is -2.08. The largest absolute Gasteiger partial charge is 0.497 e. The first kappa shape index (κ1) is 12.9. The summed E-state index contributed by atoms with van der Waals surface area (Å²) in [5, 5.41) is 4.37. The summed E-state index contributed by atoms with van der Waals surface area (Å²) in [4.78, 5) is 3.22. The van der Waals surface area contributed by atoms with Crippen LogP contribution in [0.5, 0.6) is 5.75 Å². The first-order valence-electron chi connectivity index (χ1n) is 6.34. The lowest BCUT2D eigenvalue weighted by atomic mass is 10.2. The van der Waals surface area contributed by atoms with Gasteiger partial charge in [-0.05, 0) is 31.3 Å². The van der Waals surface area contributed by atoms with Crippen LogP contribution < -0.4 is 4.74 Å². The number of aromatic amines is 1. The van der Waals surface area contributed by atoms with Crippen LogP contribution in [0.3, 0.4) is 0 Å². The first-order chi connectivity index (χ1) is 9.58. The average molecular weight is 288 g/mol. The molecule has 3 rings (SSSR count). The number of imidazole rings is 1. The Morgan fingerprint density at radius 1 is 1.40 bits per heavy atom. The van der Waals surface area contributed by atoms with Crippen molar-refractivity contribution >= 4 is 23.3 Å². The van der Waals surface area contributed by atoms with Crippen molar-refractivity contribution < 1.29 is 4.74 Å². The highest BCUT2D eigenvalue weighted by Crippen LogP contribution is 2.22. The third kappa shape index (κ3) is 2.12. The van der Waals surface area contributed by atoms with Crippen molar-refractivity contribution in [3.63, 3.8) is 0 Å².